The summed E-state index contributed by atoms with van der Waals surface area (Å²) in [5, 5.41) is 9.69. The van der Waals surface area contributed by atoms with Crippen LogP contribution in [-0.4, -0.2) is 41.1 Å². The van der Waals surface area contributed by atoms with Gasteiger partial charge in [-0.25, -0.2) is 0 Å². The second-order valence-electron chi connectivity index (χ2n) is 4.76. The second-order valence-corrected chi connectivity index (χ2v) is 4.76. The van der Waals surface area contributed by atoms with Crippen LogP contribution in [0.3, 0.4) is 0 Å². The molecule has 0 aliphatic rings. The van der Waals surface area contributed by atoms with Crippen molar-refractivity contribution in [2.24, 2.45) is 0 Å². The molecule has 0 saturated carbocycles. The fourth-order valence-corrected chi connectivity index (χ4v) is 2.19. The lowest BCUT2D eigenvalue weighted by atomic mass is 10.1. The zero-order valence-corrected chi connectivity index (χ0v) is 11.2. The summed E-state index contributed by atoms with van der Waals surface area (Å²) in [6, 6.07) is 7.81. The average molecular weight is 260 g/mol. The van der Waals surface area contributed by atoms with Gasteiger partial charge >= 0.3 is 0 Å². The van der Waals surface area contributed by atoms with Crippen molar-refractivity contribution in [2.75, 3.05) is 20.2 Å². The van der Waals surface area contributed by atoms with Crippen LogP contribution in [0.25, 0.3) is 10.9 Å². The summed E-state index contributed by atoms with van der Waals surface area (Å²) < 4.78 is 0. The molecule has 0 radical (unpaired) electrons. The number of hydrogen-bond acceptors (Lipinski definition) is 2. The summed E-state index contributed by atoms with van der Waals surface area (Å²) in [6.45, 7) is 0.943. The number of aromatic nitrogens is 1. The van der Waals surface area contributed by atoms with Gasteiger partial charge < -0.3 is 15.0 Å². The first-order valence-electron chi connectivity index (χ1n) is 6.66. The van der Waals surface area contributed by atoms with Crippen molar-refractivity contribution in [3.63, 3.8) is 0 Å². The SMILES string of the molecule is CN(CCCCCO)C(=O)c1c[nH]c2ccccc12. The first-order valence-corrected chi connectivity index (χ1v) is 6.66. The zero-order valence-electron chi connectivity index (χ0n) is 11.2. The Balaban J connectivity index is 2.02. The molecule has 0 spiro atoms. The smallest absolute Gasteiger partial charge is 0.255 e. The first kappa shape index (κ1) is 13.6. The lowest BCUT2D eigenvalue weighted by Gasteiger charge is -2.16. The minimum absolute atomic E-state index is 0.0430. The lowest BCUT2D eigenvalue weighted by Crippen LogP contribution is -2.27. The van der Waals surface area contributed by atoms with E-state index in [0.29, 0.717) is 0 Å². The Bertz CT molecular complexity index is 548. The number of nitrogens with one attached hydrogen (secondary N) is 1. The summed E-state index contributed by atoms with van der Waals surface area (Å²) in [6.07, 6.45) is 4.44. The Morgan fingerprint density at radius 3 is 2.84 bits per heavy atom. The molecule has 1 amide bonds. The molecule has 2 aromatic rings. The standard InChI is InChI=1S/C15H20N2O2/c1-17(9-5-2-6-10-18)15(19)13-11-16-14-8-4-3-7-12(13)14/h3-4,7-8,11,16,18H,2,5-6,9-10H2,1H3. The number of aliphatic hydroxyl groups is 1. The van der Waals surface area contributed by atoms with Crippen molar-refractivity contribution in [2.45, 2.75) is 19.3 Å². The van der Waals surface area contributed by atoms with Gasteiger partial charge in [0.1, 0.15) is 0 Å². The number of aliphatic hydroxyl groups excluding tert-OH is 1. The Hall–Kier alpha value is -1.81. The van der Waals surface area contributed by atoms with Crippen molar-refractivity contribution in [3.05, 3.63) is 36.0 Å². The molecule has 2 rings (SSSR count). The number of hydrogen-bond donors (Lipinski definition) is 2. The number of H-pyrrole nitrogens is 1. The van der Waals surface area contributed by atoms with E-state index >= 15 is 0 Å². The van der Waals surface area contributed by atoms with Gasteiger partial charge in [0.15, 0.2) is 0 Å². The highest BCUT2D eigenvalue weighted by Gasteiger charge is 2.15. The highest BCUT2D eigenvalue weighted by Crippen LogP contribution is 2.19. The molecule has 1 aromatic heterocycles. The number of amides is 1. The van der Waals surface area contributed by atoms with E-state index in [9.17, 15) is 4.79 Å². The molecular formula is C15H20N2O2. The van der Waals surface area contributed by atoms with Gasteiger partial charge in [0.2, 0.25) is 0 Å². The molecule has 102 valence electrons. The Kier molecular flexibility index (Phi) is 4.58. The molecule has 0 aliphatic carbocycles. The summed E-state index contributed by atoms with van der Waals surface area (Å²) in [5.74, 6) is 0.0430. The third-order valence-electron chi connectivity index (χ3n) is 3.32. The van der Waals surface area contributed by atoms with E-state index in [1.165, 1.54) is 0 Å². The third kappa shape index (κ3) is 3.15. The van der Waals surface area contributed by atoms with E-state index in [1.807, 2.05) is 31.3 Å². The quantitative estimate of drug-likeness (QED) is 0.784. The molecular weight excluding hydrogens is 240 g/mol. The number of carbonyl (C=O) groups excluding carboxylic acids is 1. The van der Waals surface area contributed by atoms with Crippen LogP contribution in [0.5, 0.6) is 0 Å². The van der Waals surface area contributed by atoms with Gasteiger partial charge in [-0.3, -0.25) is 4.79 Å². The number of rotatable bonds is 6. The third-order valence-corrected chi connectivity index (χ3v) is 3.32. The molecule has 19 heavy (non-hydrogen) atoms. The van der Waals surface area contributed by atoms with Gasteiger partial charge in [0.25, 0.3) is 5.91 Å². The van der Waals surface area contributed by atoms with Crippen LogP contribution in [-0.2, 0) is 0 Å². The van der Waals surface area contributed by atoms with Crippen molar-refractivity contribution < 1.29 is 9.90 Å². The molecule has 1 heterocycles. The maximum Gasteiger partial charge on any atom is 0.255 e. The van der Waals surface area contributed by atoms with Gasteiger partial charge in [-0.05, 0) is 25.3 Å². The van der Waals surface area contributed by atoms with Crippen LogP contribution in [0.15, 0.2) is 30.5 Å². The van der Waals surface area contributed by atoms with Crippen LogP contribution in [0.2, 0.25) is 0 Å². The van der Waals surface area contributed by atoms with E-state index < -0.39 is 0 Å². The van der Waals surface area contributed by atoms with Gasteiger partial charge in [-0.15, -0.1) is 0 Å². The summed E-state index contributed by atoms with van der Waals surface area (Å²) in [5.41, 5.74) is 1.71. The maximum atomic E-state index is 12.3. The summed E-state index contributed by atoms with van der Waals surface area (Å²) >= 11 is 0. The average Bonchev–Trinajstić information content (AvgIpc) is 2.86. The fraction of sp³-hybridized carbons (Fsp3) is 0.400. The highest BCUT2D eigenvalue weighted by molar-refractivity contribution is 6.06. The van der Waals surface area contributed by atoms with E-state index in [2.05, 4.69) is 4.98 Å². The van der Waals surface area contributed by atoms with Crippen molar-refractivity contribution >= 4 is 16.8 Å². The number of fused-ring (bicyclic) bond motifs is 1. The maximum absolute atomic E-state index is 12.3. The van der Waals surface area contributed by atoms with Gasteiger partial charge in [0.05, 0.1) is 5.56 Å². The second kappa shape index (κ2) is 6.38. The van der Waals surface area contributed by atoms with E-state index in [-0.39, 0.29) is 12.5 Å². The molecule has 0 fully saturated rings. The molecule has 0 atom stereocenters. The Labute approximate surface area is 113 Å². The van der Waals surface area contributed by atoms with Crippen LogP contribution >= 0.6 is 0 Å². The van der Waals surface area contributed by atoms with Crippen LogP contribution in [0.4, 0.5) is 0 Å². The number of nitrogens with zero attached hydrogens (tertiary/aromatic N) is 1. The Morgan fingerprint density at radius 1 is 1.26 bits per heavy atom. The molecule has 0 unspecified atom stereocenters. The molecule has 0 saturated heterocycles. The molecule has 1 aromatic carbocycles. The predicted octanol–water partition coefficient (Wildman–Crippen LogP) is 2.40. The topological polar surface area (TPSA) is 56.3 Å². The van der Waals surface area contributed by atoms with Crippen LogP contribution in [0.1, 0.15) is 29.6 Å². The number of para-hydroxylation sites is 1. The first-order chi connectivity index (χ1) is 9.24. The van der Waals surface area contributed by atoms with Crippen LogP contribution in [0, 0.1) is 0 Å². The van der Waals surface area contributed by atoms with Gasteiger partial charge in [-0.1, -0.05) is 18.2 Å². The number of carbonyl (C=O) groups is 1. The van der Waals surface area contributed by atoms with E-state index in [0.717, 1.165) is 42.3 Å². The van der Waals surface area contributed by atoms with Crippen molar-refractivity contribution in [1.29, 1.82) is 0 Å². The van der Waals surface area contributed by atoms with E-state index in [4.69, 9.17) is 5.11 Å². The minimum atomic E-state index is 0.0430. The van der Waals surface area contributed by atoms with Crippen molar-refractivity contribution in [3.8, 4) is 0 Å². The minimum Gasteiger partial charge on any atom is -0.396 e. The molecule has 0 bridgehead atoms. The molecule has 4 nitrogen and oxygen atoms in total. The largest absolute Gasteiger partial charge is 0.396 e. The van der Waals surface area contributed by atoms with Crippen LogP contribution < -0.4 is 0 Å². The molecule has 0 aliphatic heterocycles. The molecule has 2 N–H and O–H groups in total. The highest BCUT2D eigenvalue weighted by atomic mass is 16.2. The number of aromatic amines is 1. The van der Waals surface area contributed by atoms with Gasteiger partial charge in [-0.2, -0.15) is 0 Å². The number of unbranched alkanes of at least 4 members (excludes halogenated alkanes) is 2. The monoisotopic (exact) mass is 260 g/mol. The van der Waals surface area contributed by atoms with E-state index in [1.54, 1.807) is 11.1 Å². The Morgan fingerprint density at radius 2 is 2.05 bits per heavy atom. The van der Waals surface area contributed by atoms with Gasteiger partial charge in [0, 0.05) is 37.3 Å². The molecule has 4 heteroatoms. The summed E-state index contributed by atoms with van der Waals surface area (Å²) in [7, 11) is 1.82. The predicted molar refractivity (Wildman–Crippen MR) is 76.2 cm³/mol. The fourth-order valence-electron chi connectivity index (χ4n) is 2.19. The van der Waals surface area contributed by atoms with Crippen molar-refractivity contribution in [1.82, 2.24) is 9.88 Å². The normalized spacial score (nSPS) is 10.8. The number of benzene rings is 1. The lowest BCUT2D eigenvalue weighted by molar-refractivity contribution is 0.0794. The zero-order chi connectivity index (χ0) is 13.7. The summed E-state index contributed by atoms with van der Waals surface area (Å²) in [4.78, 5) is 17.2.